The second-order valence-corrected chi connectivity index (χ2v) is 3.82. The molecule has 0 bridgehead atoms. The number of methoxy groups -OCH3 is 1. The first-order chi connectivity index (χ1) is 6.45. The zero-order valence-corrected chi connectivity index (χ0v) is 8.75. The van der Waals surface area contributed by atoms with Gasteiger partial charge in [-0.25, -0.2) is 4.39 Å². The highest BCUT2D eigenvalue weighted by molar-refractivity contribution is 5.30. The van der Waals surface area contributed by atoms with Gasteiger partial charge in [0.2, 0.25) is 0 Å². The molecule has 3 heteroatoms. The minimum absolute atomic E-state index is 0.603. The molecule has 1 aromatic carbocycles. The fourth-order valence-electron chi connectivity index (χ4n) is 1.21. The lowest BCUT2D eigenvalue weighted by Gasteiger charge is -2.23. The Kier molecular flexibility index (Phi) is 3.11. The third-order valence-corrected chi connectivity index (χ3v) is 2.21. The van der Waals surface area contributed by atoms with Gasteiger partial charge in [0.25, 0.3) is 0 Å². The fraction of sp³-hybridized carbons (Fsp3) is 0.455. The standard InChI is InChI=1S/C11H16FNO/c1-11(2,12)10(13)8-4-6-9(14-3)7-5-8/h4-7,10H,13H2,1-3H3. The Balaban J connectivity index is 2.87. The molecular formula is C11H16FNO. The molecule has 0 heterocycles. The van der Waals surface area contributed by atoms with Crippen LogP contribution in [0.15, 0.2) is 24.3 Å². The van der Waals surface area contributed by atoms with Crippen LogP contribution >= 0.6 is 0 Å². The fourth-order valence-corrected chi connectivity index (χ4v) is 1.21. The van der Waals surface area contributed by atoms with Gasteiger partial charge in [-0.05, 0) is 31.5 Å². The van der Waals surface area contributed by atoms with Crippen molar-refractivity contribution in [3.63, 3.8) is 0 Å². The summed E-state index contributed by atoms with van der Waals surface area (Å²) >= 11 is 0. The van der Waals surface area contributed by atoms with E-state index in [1.54, 1.807) is 31.4 Å². The van der Waals surface area contributed by atoms with Gasteiger partial charge in [0.05, 0.1) is 13.2 Å². The highest BCUT2D eigenvalue weighted by Gasteiger charge is 2.26. The molecule has 0 spiro atoms. The molecule has 0 saturated carbocycles. The predicted molar refractivity (Wildman–Crippen MR) is 55.1 cm³/mol. The van der Waals surface area contributed by atoms with Crippen LogP contribution in [0.2, 0.25) is 0 Å². The number of halogens is 1. The monoisotopic (exact) mass is 197 g/mol. The molecule has 0 aliphatic carbocycles. The average molecular weight is 197 g/mol. The van der Waals surface area contributed by atoms with E-state index in [1.165, 1.54) is 13.8 Å². The Morgan fingerprint density at radius 2 is 1.79 bits per heavy atom. The molecule has 0 amide bonds. The summed E-state index contributed by atoms with van der Waals surface area (Å²) in [5.74, 6) is 0.748. The molecule has 1 atom stereocenters. The van der Waals surface area contributed by atoms with Crippen molar-refractivity contribution in [3.8, 4) is 5.75 Å². The van der Waals surface area contributed by atoms with Gasteiger partial charge in [-0.15, -0.1) is 0 Å². The molecule has 14 heavy (non-hydrogen) atoms. The smallest absolute Gasteiger partial charge is 0.124 e. The summed E-state index contributed by atoms with van der Waals surface area (Å²) in [5, 5.41) is 0. The number of alkyl halides is 1. The summed E-state index contributed by atoms with van der Waals surface area (Å²) in [6, 6.07) is 6.52. The van der Waals surface area contributed by atoms with E-state index >= 15 is 0 Å². The lowest BCUT2D eigenvalue weighted by molar-refractivity contribution is 0.174. The quantitative estimate of drug-likeness (QED) is 0.807. The van der Waals surface area contributed by atoms with Crippen LogP contribution in [-0.2, 0) is 0 Å². The van der Waals surface area contributed by atoms with Crippen molar-refractivity contribution < 1.29 is 9.13 Å². The molecule has 1 rings (SSSR count). The van der Waals surface area contributed by atoms with Crippen molar-refractivity contribution >= 4 is 0 Å². The van der Waals surface area contributed by atoms with Gasteiger partial charge in [-0.2, -0.15) is 0 Å². The van der Waals surface area contributed by atoms with Gasteiger partial charge in [-0.3, -0.25) is 0 Å². The van der Waals surface area contributed by atoms with Crippen LogP contribution in [0.3, 0.4) is 0 Å². The maximum absolute atomic E-state index is 13.5. The molecule has 1 aromatic rings. The van der Waals surface area contributed by atoms with Crippen molar-refractivity contribution in [1.29, 1.82) is 0 Å². The first-order valence-corrected chi connectivity index (χ1v) is 4.53. The van der Waals surface area contributed by atoms with Crippen molar-refractivity contribution in [2.45, 2.75) is 25.6 Å². The highest BCUT2D eigenvalue weighted by Crippen LogP contribution is 2.27. The minimum Gasteiger partial charge on any atom is -0.497 e. The molecule has 2 nitrogen and oxygen atoms in total. The Labute approximate surface area is 83.9 Å². The summed E-state index contributed by atoms with van der Waals surface area (Å²) in [4.78, 5) is 0. The van der Waals surface area contributed by atoms with Crippen LogP contribution in [0, 0.1) is 0 Å². The first-order valence-electron chi connectivity index (χ1n) is 4.53. The van der Waals surface area contributed by atoms with Crippen LogP contribution in [0.5, 0.6) is 5.75 Å². The van der Waals surface area contributed by atoms with Crippen LogP contribution < -0.4 is 10.5 Å². The molecular weight excluding hydrogens is 181 g/mol. The summed E-state index contributed by atoms with van der Waals surface area (Å²) in [6.45, 7) is 2.95. The first kappa shape index (κ1) is 11.0. The SMILES string of the molecule is COc1ccc(C(N)C(C)(C)F)cc1. The van der Waals surface area contributed by atoms with E-state index in [1.807, 2.05) is 0 Å². The number of hydrogen-bond donors (Lipinski definition) is 1. The summed E-state index contributed by atoms with van der Waals surface area (Å²) in [5.41, 5.74) is 5.12. The number of nitrogens with two attached hydrogens (primary N) is 1. The predicted octanol–water partition coefficient (Wildman–Crippen LogP) is 2.44. The van der Waals surface area contributed by atoms with Crippen LogP contribution in [0.25, 0.3) is 0 Å². The zero-order valence-electron chi connectivity index (χ0n) is 8.75. The molecule has 0 fully saturated rings. The summed E-state index contributed by atoms with van der Waals surface area (Å²) in [7, 11) is 1.59. The molecule has 0 aliphatic heterocycles. The highest BCUT2D eigenvalue weighted by atomic mass is 19.1. The number of ether oxygens (including phenoxy) is 1. The Morgan fingerprint density at radius 1 is 1.29 bits per heavy atom. The lowest BCUT2D eigenvalue weighted by atomic mass is 9.94. The van der Waals surface area contributed by atoms with E-state index < -0.39 is 11.7 Å². The van der Waals surface area contributed by atoms with Gasteiger partial charge in [0, 0.05) is 0 Å². The van der Waals surface area contributed by atoms with Gasteiger partial charge < -0.3 is 10.5 Å². The molecule has 1 unspecified atom stereocenters. The number of hydrogen-bond acceptors (Lipinski definition) is 2. The minimum atomic E-state index is -1.41. The number of benzene rings is 1. The maximum atomic E-state index is 13.5. The van der Waals surface area contributed by atoms with Gasteiger partial charge in [-0.1, -0.05) is 12.1 Å². The van der Waals surface area contributed by atoms with Crippen molar-refractivity contribution in [2.75, 3.05) is 7.11 Å². The Hall–Kier alpha value is -1.09. The molecule has 78 valence electrons. The third-order valence-electron chi connectivity index (χ3n) is 2.21. The molecule has 2 N–H and O–H groups in total. The Bertz CT molecular complexity index is 289. The molecule has 0 saturated heterocycles. The molecule has 0 radical (unpaired) electrons. The van der Waals surface area contributed by atoms with Gasteiger partial charge in [0.1, 0.15) is 11.4 Å². The summed E-state index contributed by atoms with van der Waals surface area (Å²) in [6.07, 6.45) is 0. The van der Waals surface area contributed by atoms with Crippen LogP contribution in [0.4, 0.5) is 4.39 Å². The van der Waals surface area contributed by atoms with Crippen molar-refractivity contribution in [1.82, 2.24) is 0 Å². The van der Waals surface area contributed by atoms with E-state index in [-0.39, 0.29) is 0 Å². The van der Waals surface area contributed by atoms with Gasteiger partial charge in [0.15, 0.2) is 0 Å². The second-order valence-electron chi connectivity index (χ2n) is 3.82. The molecule has 0 aliphatic rings. The lowest BCUT2D eigenvalue weighted by Crippen LogP contribution is -2.30. The maximum Gasteiger partial charge on any atom is 0.124 e. The largest absolute Gasteiger partial charge is 0.497 e. The summed E-state index contributed by atoms with van der Waals surface area (Å²) < 4.78 is 18.5. The van der Waals surface area contributed by atoms with E-state index in [9.17, 15) is 4.39 Å². The normalized spacial score (nSPS) is 13.8. The number of rotatable bonds is 3. The van der Waals surface area contributed by atoms with Crippen molar-refractivity contribution in [3.05, 3.63) is 29.8 Å². The van der Waals surface area contributed by atoms with Crippen molar-refractivity contribution in [2.24, 2.45) is 5.73 Å². The van der Waals surface area contributed by atoms with E-state index in [0.717, 1.165) is 11.3 Å². The second kappa shape index (κ2) is 3.96. The Morgan fingerprint density at radius 3 is 2.14 bits per heavy atom. The topological polar surface area (TPSA) is 35.2 Å². The van der Waals surface area contributed by atoms with E-state index in [2.05, 4.69) is 0 Å². The van der Waals surface area contributed by atoms with E-state index in [0.29, 0.717) is 0 Å². The van der Waals surface area contributed by atoms with Gasteiger partial charge >= 0.3 is 0 Å². The van der Waals surface area contributed by atoms with Crippen LogP contribution in [0.1, 0.15) is 25.5 Å². The zero-order chi connectivity index (χ0) is 10.8. The third kappa shape index (κ3) is 2.45. The average Bonchev–Trinajstić information content (AvgIpc) is 2.15. The van der Waals surface area contributed by atoms with Crippen LogP contribution in [-0.4, -0.2) is 12.8 Å². The molecule has 0 aromatic heterocycles. The van der Waals surface area contributed by atoms with E-state index in [4.69, 9.17) is 10.5 Å².